The highest BCUT2D eigenvalue weighted by Gasteiger charge is 2.29. The molecule has 0 amide bonds. The number of aromatic nitrogens is 2. The van der Waals surface area contributed by atoms with Crippen LogP contribution in [-0.4, -0.2) is 9.55 Å². The van der Waals surface area contributed by atoms with Crippen LogP contribution in [0.2, 0.25) is 0 Å². The number of anilines is 3. The molecule has 3 heteroatoms. The lowest BCUT2D eigenvalue weighted by molar-refractivity contribution is 1.05. The van der Waals surface area contributed by atoms with Crippen LogP contribution in [0.5, 0.6) is 0 Å². The SMILES string of the molecule is c1ccc2c(c1)-c1ccccc1-n1c(nc3cc4ccccc4cc31)N2c1ccc2c3ccccc3c3ccccc3c2c1. The number of benzene rings is 8. The first-order chi connectivity index (χ1) is 21.8. The Hall–Kier alpha value is -5.93. The minimum atomic E-state index is 0.886. The van der Waals surface area contributed by atoms with Crippen LogP contribution in [0.25, 0.3) is 70.9 Å². The van der Waals surface area contributed by atoms with E-state index in [9.17, 15) is 0 Å². The molecule has 0 N–H and O–H groups in total. The monoisotopic (exact) mass is 559 g/mol. The Kier molecular flexibility index (Phi) is 4.72. The van der Waals surface area contributed by atoms with Gasteiger partial charge < -0.3 is 0 Å². The smallest absolute Gasteiger partial charge is 0.220 e. The number of hydrogen-bond acceptors (Lipinski definition) is 2. The highest BCUT2D eigenvalue weighted by molar-refractivity contribution is 6.25. The second kappa shape index (κ2) is 8.79. The molecule has 0 saturated carbocycles. The van der Waals surface area contributed by atoms with E-state index in [1.54, 1.807) is 0 Å². The van der Waals surface area contributed by atoms with Crippen molar-refractivity contribution in [2.75, 3.05) is 4.90 Å². The summed E-state index contributed by atoms with van der Waals surface area (Å²) in [5.74, 6) is 0.886. The Morgan fingerprint density at radius 3 is 1.64 bits per heavy atom. The average Bonchev–Trinajstić information content (AvgIpc) is 3.39. The predicted molar refractivity (Wildman–Crippen MR) is 185 cm³/mol. The van der Waals surface area contributed by atoms with Crippen LogP contribution >= 0.6 is 0 Å². The first-order valence-electron chi connectivity index (χ1n) is 15.1. The highest BCUT2D eigenvalue weighted by Crippen LogP contribution is 2.48. The van der Waals surface area contributed by atoms with Gasteiger partial charge in [0.05, 0.1) is 22.4 Å². The van der Waals surface area contributed by atoms with Crippen LogP contribution in [0.15, 0.2) is 152 Å². The minimum absolute atomic E-state index is 0.886. The molecule has 0 saturated heterocycles. The zero-order valence-electron chi connectivity index (χ0n) is 23.8. The van der Waals surface area contributed by atoms with Gasteiger partial charge in [-0.2, -0.15) is 0 Å². The third kappa shape index (κ3) is 3.18. The van der Waals surface area contributed by atoms with Gasteiger partial charge in [-0.15, -0.1) is 0 Å². The molecule has 0 spiro atoms. The number of nitrogens with zero attached hydrogens (tertiary/aromatic N) is 3. The molecule has 2 heterocycles. The van der Waals surface area contributed by atoms with Crippen LogP contribution in [0, 0.1) is 0 Å². The maximum Gasteiger partial charge on any atom is 0.220 e. The fourth-order valence-electron chi connectivity index (χ4n) is 7.33. The molecule has 8 aromatic carbocycles. The first kappa shape index (κ1) is 23.6. The Balaban J connectivity index is 1.35. The summed E-state index contributed by atoms with van der Waals surface area (Å²) in [7, 11) is 0. The van der Waals surface area contributed by atoms with Crippen LogP contribution in [0.4, 0.5) is 17.3 Å². The molecule has 0 bridgehead atoms. The molecule has 10 rings (SSSR count). The van der Waals surface area contributed by atoms with E-state index in [0.29, 0.717) is 0 Å². The van der Waals surface area contributed by atoms with E-state index < -0.39 is 0 Å². The van der Waals surface area contributed by atoms with Crippen LogP contribution in [0.3, 0.4) is 0 Å². The van der Waals surface area contributed by atoms with Gasteiger partial charge in [-0.1, -0.05) is 115 Å². The molecule has 204 valence electrons. The summed E-state index contributed by atoms with van der Waals surface area (Å²) in [5.41, 5.74) is 7.79. The molecule has 1 aliphatic rings. The molecular formula is C41H25N3. The Morgan fingerprint density at radius 2 is 0.932 bits per heavy atom. The Morgan fingerprint density at radius 1 is 0.409 bits per heavy atom. The first-order valence-corrected chi connectivity index (χ1v) is 15.1. The van der Waals surface area contributed by atoms with E-state index in [-0.39, 0.29) is 0 Å². The van der Waals surface area contributed by atoms with Gasteiger partial charge >= 0.3 is 0 Å². The summed E-state index contributed by atoms with van der Waals surface area (Å²) >= 11 is 0. The van der Waals surface area contributed by atoms with Crippen molar-refractivity contribution in [2.24, 2.45) is 0 Å². The Labute approximate surface area is 253 Å². The molecule has 0 unspecified atom stereocenters. The normalized spacial score (nSPS) is 12.5. The quantitative estimate of drug-likeness (QED) is 0.187. The van der Waals surface area contributed by atoms with E-state index in [1.165, 1.54) is 54.2 Å². The van der Waals surface area contributed by atoms with E-state index in [1.807, 2.05) is 0 Å². The van der Waals surface area contributed by atoms with Crippen LogP contribution < -0.4 is 4.90 Å². The second-order valence-electron chi connectivity index (χ2n) is 11.6. The summed E-state index contributed by atoms with van der Waals surface area (Å²) in [6.45, 7) is 0. The van der Waals surface area contributed by atoms with Gasteiger partial charge in [-0.05, 0) is 79.5 Å². The maximum absolute atomic E-state index is 5.40. The average molecular weight is 560 g/mol. The van der Waals surface area contributed by atoms with Crippen molar-refractivity contribution < 1.29 is 0 Å². The molecule has 44 heavy (non-hydrogen) atoms. The molecule has 1 aliphatic heterocycles. The zero-order chi connectivity index (χ0) is 28.8. The topological polar surface area (TPSA) is 21.1 Å². The molecule has 0 atom stereocenters. The molecule has 0 aliphatic carbocycles. The lowest BCUT2D eigenvalue weighted by Gasteiger charge is -2.25. The largest absolute Gasteiger partial charge is 0.280 e. The number of para-hydroxylation sites is 2. The van der Waals surface area contributed by atoms with Gasteiger partial charge in [0, 0.05) is 16.8 Å². The lowest BCUT2D eigenvalue weighted by atomic mass is 9.94. The third-order valence-corrected chi connectivity index (χ3v) is 9.27. The zero-order valence-corrected chi connectivity index (χ0v) is 23.8. The lowest BCUT2D eigenvalue weighted by Crippen LogP contribution is -2.14. The maximum atomic E-state index is 5.40. The standard InChI is InChI=1S/C41H25N3/c1-2-12-27-24-40-37(23-26(27)11-1)42-41-43(38-19-9-7-17-34(38)35-18-8-10-20-39(35)44(40)41)28-21-22-33-31-15-4-3-13-29(31)30-14-5-6-16-32(30)36(33)25-28/h1-25H. The Bertz CT molecular complexity index is 2590. The molecular weight excluding hydrogens is 534 g/mol. The van der Waals surface area contributed by atoms with Crippen LogP contribution in [-0.2, 0) is 0 Å². The van der Waals surface area contributed by atoms with Gasteiger partial charge in [-0.25, -0.2) is 4.98 Å². The van der Waals surface area contributed by atoms with E-state index in [4.69, 9.17) is 4.98 Å². The summed E-state index contributed by atoms with van der Waals surface area (Å²) in [5, 5.41) is 9.99. The highest BCUT2D eigenvalue weighted by atomic mass is 15.3. The molecule has 1 aromatic heterocycles. The molecule has 9 aromatic rings. The third-order valence-electron chi connectivity index (χ3n) is 9.27. The molecule has 0 fully saturated rings. The van der Waals surface area contributed by atoms with Crippen molar-refractivity contribution in [2.45, 2.75) is 0 Å². The summed E-state index contributed by atoms with van der Waals surface area (Å²) < 4.78 is 2.35. The van der Waals surface area contributed by atoms with Gasteiger partial charge in [0.25, 0.3) is 0 Å². The number of imidazole rings is 1. The summed E-state index contributed by atoms with van der Waals surface area (Å²) in [4.78, 5) is 7.75. The van der Waals surface area contributed by atoms with Gasteiger partial charge in [0.15, 0.2) is 0 Å². The van der Waals surface area contributed by atoms with Gasteiger partial charge in [0.1, 0.15) is 0 Å². The molecule has 0 radical (unpaired) electrons. The minimum Gasteiger partial charge on any atom is -0.280 e. The summed E-state index contributed by atoms with van der Waals surface area (Å²) in [6, 6.07) is 54.9. The van der Waals surface area contributed by atoms with E-state index in [2.05, 4.69) is 161 Å². The fraction of sp³-hybridized carbons (Fsp3) is 0. The van der Waals surface area contributed by atoms with Crippen molar-refractivity contribution in [1.29, 1.82) is 0 Å². The van der Waals surface area contributed by atoms with Crippen molar-refractivity contribution in [3.63, 3.8) is 0 Å². The second-order valence-corrected chi connectivity index (χ2v) is 11.6. The molecule has 3 nitrogen and oxygen atoms in total. The van der Waals surface area contributed by atoms with Crippen molar-refractivity contribution in [3.05, 3.63) is 152 Å². The van der Waals surface area contributed by atoms with Crippen molar-refractivity contribution in [3.8, 4) is 16.8 Å². The van der Waals surface area contributed by atoms with E-state index in [0.717, 1.165) is 34.0 Å². The van der Waals surface area contributed by atoms with Crippen LogP contribution in [0.1, 0.15) is 0 Å². The van der Waals surface area contributed by atoms with E-state index >= 15 is 0 Å². The van der Waals surface area contributed by atoms with Gasteiger partial charge in [0.2, 0.25) is 5.95 Å². The fourth-order valence-corrected chi connectivity index (χ4v) is 7.33. The van der Waals surface area contributed by atoms with Crippen molar-refractivity contribution >= 4 is 71.4 Å². The number of hydrogen-bond donors (Lipinski definition) is 0. The number of rotatable bonds is 1. The van der Waals surface area contributed by atoms with Gasteiger partial charge in [-0.3, -0.25) is 9.47 Å². The predicted octanol–water partition coefficient (Wildman–Crippen LogP) is 11.1. The summed E-state index contributed by atoms with van der Waals surface area (Å²) in [6.07, 6.45) is 0. The van der Waals surface area contributed by atoms with Crippen molar-refractivity contribution in [1.82, 2.24) is 9.55 Å². The number of fused-ring (bicyclic) bond motifs is 14.